The Bertz CT molecular complexity index is 557. The highest BCUT2D eigenvalue weighted by atomic mass is 32.2. The van der Waals surface area contributed by atoms with E-state index in [0.29, 0.717) is 0 Å². The van der Waals surface area contributed by atoms with Gasteiger partial charge in [0.2, 0.25) is 0 Å². The third-order valence-electron chi connectivity index (χ3n) is 2.38. The molecule has 19 heavy (non-hydrogen) atoms. The number of aryl methyl sites for hydroxylation is 1. The van der Waals surface area contributed by atoms with Gasteiger partial charge in [-0.25, -0.2) is 8.42 Å². The van der Waals surface area contributed by atoms with Crippen LogP contribution in [0.25, 0.3) is 0 Å². The van der Waals surface area contributed by atoms with Crippen molar-refractivity contribution in [1.29, 1.82) is 0 Å². The van der Waals surface area contributed by atoms with Crippen LogP contribution in [0.15, 0.2) is 29.2 Å². The molecule has 1 rings (SSSR count). The van der Waals surface area contributed by atoms with Gasteiger partial charge in [-0.1, -0.05) is 17.7 Å². The summed E-state index contributed by atoms with van der Waals surface area (Å²) in [4.78, 5) is 22.7. The van der Waals surface area contributed by atoms with Crippen molar-refractivity contribution in [3.05, 3.63) is 29.8 Å². The zero-order valence-corrected chi connectivity index (χ0v) is 11.7. The third kappa shape index (κ3) is 4.82. The molecule has 1 aromatic carbocycles. The van der Waals surface area contributed by atoms with Crippen molar-refractivity contribution in [2.24, 2.45) is 0 Å². The van der Waals surface area contributed by atoms with Gasteiger partial charge in [-0.05, 0) is 26.0 Å². The lowest BCUT2D eigenvalue weighted by Gasteiger charge is -2.04. The van der Waals surface area contributed by atoms with Crippen LogP contribution in [0.5, 0.6) is 0 Å². The lowest BCUT2D eigenvalue weighted by molar-refractivity contribution is -0.145. The fourth-order valence-electron chi connectivity index (χ4n) is 1.46. The molecule has 0 unspecified atom stereocenters. The Kier molecular flexibility index (Phi) is 5.23. The van der Waals surface area contributed by atoms with Crippen LogP contribution in [0, 0.1) is 6.92 Å². The second-order valence-corrected chi connectivity index (χ2v) is 6.08. The first-order valence-corrected chi connectivity index (χ1v) is 7.47. The van der Waals surface area contributed by atoms with Crippen LogP contribution in [0.1, 0.15) is 18.9 Å². The maximum absolute atomic E-state index is 11.9. The molecule has 0 spiro atoms. The van der Waals surface area contributed by atoms with Gasteiger partial charge in [-0.2, -0.15) is 0 Å². The predicted molar refractivity (Wildman–Crippen MR) is 69.5 cm³/mol. The van der Waals surface area contributed by atoms with Crippen LogP contribution in [0.4, 0.5) is 0 Å². The second-order valence-electron chi connectivity index (χ2n) is 4.09. The van der Waals surface area contributed by atoms with Crippen LogP contribution in [0.2, 0.25) is 0 Å². The van der Waals surface area contributed by atoms with E-state index in [-0.39, 0.29) is 11.5 Å². The molecular weight excluding hydrogens is 268 g/mol. The number of esters is 1. The topological polar surface area (TPSA) is 77.5 Å². The molecule has 0 aliphatic rings. The van der Waals surface area contributed by atoms with Crippen molar-refractivity contribution in [3.8, 4) is 0 Å². The van der Waals surface area contributed by atoms with Crippen molar-refractivity contribution in [2.45, 2.75) is 25.2 Å². The number of ether oxygens (including phenoxy) is 1. The van der Waals surface area contributed by atoms with Gasteiger partial charge >= 0.3 is 5.97 Å². The van der Waals surface area contributed by atoms with Gasteiger partial charge in [0.1, 0.15) is 12.2 Å². The molecule has 1 aromatic rings. The van der Waals surface area contributed by atoms with Crippen LogP contribution < -0.4 is 0 Å². The van der Waals surface area contributed by atoms with E-state index in [0.717, 1.165) is 5.56 Å². The summed E-state index contributed by atoms with van der Waals surface area (Å²) >= 11 is 0. The molecule has 0 fully saturated rings. The largest absolute Gasteiger partial charge is 0.466 e. The van der Waals surface area contributed by atoms with Crippen molar-refractivity contribution in [1.82, 2.24) is 0 Å². The van der Waals surface area contributed by atoms with E-state index < -0.39 is 33.8 Å². The number of Topliss-reactive ketones (excluding diaryl/α,β-unsaturated/α-hetero) is 1. The Balaban J connectivity index is 2.72. The first-order chi connectivity index (χ1) is 8.85. The van der Waals surface area contributed by atoms with Crippen LogP contribution in [-0.4, -0.2) is 32.5 Å². The summed E-state index contributed by atoms with van der Waals surface area (Å²) < 4.78 is 28.4. The van der Waals surface area contributed by atoms with E-state index in [4.69, 9.17) is 0 Å². The van der Waals surface area contributed by atoms with Crippen LogP contribution >= 0.6 is 0 Å². The quantitative estimate of drug-likeness (QED) is 0.581. The maximum atomic E-state index is 11.9. The SMILES string of the molecule is CCOC(=O)CC(=O)CS(=O)(=O)c1ccc(C)cc1. The Morgan fingerprint density at radius 1 is 1.16 bits per heavy atom. The molecule has 0 bridgehead atoms. The summed E-state index contributed by atoms with van der Waals surface area (Å²) in [6, 6.07) is 6.20. The number of hydrogen-bond acceptors (Lipinski definition) is 5. The monoisotopic (exact) mass is 284 g/mol. The van der Waals surface area contributed by atoms with Crippen LogP contribution in [-0.2, 0) is 24.2 Å². The van der Waals surface area contributed by atoms with Crippen molar-refractivity contribution < 1.29 is 22.7 Å². The van der Waals surface area contributed by atoms with E-state index in [1.165, 1.54) is 12.1 Å². The van der Waals surface area contributed by atoms with Gasteiger partial charge in [0, 0.05) is 0 Å². The molecule has 6 heteroatoms. The van der Waals surface area contributed by atoms with Crippen molar-refractivity contribution in [3.63, 3.8) is 0 Å². The minimum Gasteiger partial charge on any atom is -0.466 e. The fraction of sp³-hybridized carbons (Fsp3) is 0.385. The van der Waals surface area contributed by atoms with Gasteiger partial charge < -0.3 is 4.74 Å². The Morgan fingerprint density at radius 2 is 1.74 bits per heavy atom. The van der Waals surface area contributed by atoms with Gasteiger partial charge in [0.05, 0.1) is 11.5 Å². The maximum Gasteiger partial charge on any atom is 0.313 e. The number of ketones is 1. The summed E-state index contributed by atoms with van der Waals surface area (Å²) in [5, 5.41) is 0. The number of hydrogen-bond donors (Lipinski definition) is 0. The van der Waals surface area contributed by atoms with E-state index >= 15 is 0 Å². The lowest BCUT2D eigenvalue weighted by atomic mass is 10.2. The highest BCUT2D eigenvalue weighted by Gasteiger charge is 2.21. The van der Waals surface area contributed by atoms with Gasteiger partial charge in [-0.15, -0.1) is 0 Å². The smallest absolute Gasteiger partial charge is 0.313 e. The molecule has 5 nitrogen and oxygen atoms in total. The Labute approximate surface area is 112 Å². The molecule has 104 valence electrons. The van der Waals surface area contributed by atoms with E-state index in [9.17, 15) is 18.0 Å². The molecule has 0 N–H and O–H groups in total. The standard InChI is InChI=1S/C13H16O5S/c1-3-18-13(15)8-11(14)9-19(16,17)12-6-4-10(2)5-7-12/h4-7H,3,8-9H2,1-2H3. The fourth-order valence-corrected chi connectivity index (χ4v) is 2.71. The molecule has 0 aliphatic carbocycles. The normalized spacial score (nSPS) is 11.1. The number of carbonyl (C=O) groups excluding carboxylic acids is 2. The molecule has 0 atom stereocenters. The second kappa shape index (κ2) is 6.47. The summed E-state index contributed by atoms with van der Waals surface area (Å²) in [6.07, 6.45) is -0.515. The highest BCUT2D eigenvalue weighted by molar-refractivity contribution is 7.92. The number of rotatable bonds is 6. The average Bonchev–Trinajstić information content (AvgIpc) is 2.28. The highest BCUT2D eigenvalue weighted by Crippen LogP contribution is 2.12. The van der Waals surface area contributed by atoms with Gasteiger partial charge in [-0.3, -0.25) is 9.59 Å². The number of benzene rings is 1. The Morgan fingerprint density at radius 3 is 2.26 bits per heavy atom. The van der Waals surface area contributed by atoms with Gasteiger partial charge in [0.15, 0.2) is 15.6 Å². The summed E-state index contributed by atoms with van der Waals surface area (Å²) in [6.45, 7) is 3.62. The van der Waals surface area contributed by atoms with Crippen LogP contribution in [0.3, 0.4) is 0 Å². The summed E-state index contributed by atoms with van der Waals surface area (Å²) in [7, 11) is -3.69. The number of sulfone groups is 1. The van der Waals surface area contributed by atoms with E-state index in [1.807, 2.05) is 6.92 Å². The third-order valence-corrected chi connectivity index (χ3v) is 4.07. The average molecular weight is 284 g/mol. The summed E-state index contributed by atoms with van der Waals surface area (Å²) in [5.74, 6) is -2.06. The van der Waals surface area contributed by atoms with E-state index in [1.54, 1.807) is 19.1 Å². The Hall–Kier alpha value is -1.69. The summed E-state index contributed by atoms with van der Waals surface area (Å²) in [5.41, 5.74) is 0.928. The first kappa shape index (κ1) is 15.4. The molecule has 0 radical (unpaired) electrons. The molecular formula is C13H16O5S. The predicted octanol–water partition coefficient (Wildman–Crippen LogP) is 1.29. The minimum absolute atomic E-state index is 0.0790. The molecule has 0 saturated heterocycles. The molecule has 0 heterocycles. The van der Waals surface area contributed by atoms with E-state index in [2.05, 4.69) is 4.74 Å². The molecule has 0 aromatic heterocycles. The minimum atomic E-state index is -3.69. The lowest BCUT2D eigenvalue weighted by Crippen LogP contribution is -2.20. The molecule has 0 amide bonds. The van der Waals surface area contributed by atoms with Crippen molar-refractivity contribution in [2.75, 3.05) is 12.4 Å². The first-order valence-electron chi connectivity index (χ1n) is 5.82. The zero-order valence-electron chi connectivity index (χ0n) is 10.9. The molecule has 0 aliphatic heterocycles. The zero-order chi connectivity index (χ0) is 14.5. The molecule has 0 saturated carbocycles. The van der Waals surface area contributed by atoms with Gasteiger partial charge in [0.25, 0.3) is 0 Å². The van der Waals surface area contributed by atoms with Crippen molar-refractivity contribution >= 4 is 21.6 Å². The number of carbonyl (C=O) groups is 2.